The van der Waals surface area contributed by atoms with Crippen LogP contribution in [0.15, 0.2) is 11.6 Å². The minimum atomic E-state index is 0.194. The highest BCUT2D eigenvalue weighted by atomic mass is 32.1. The number of aryl methyl sites for hydroxylation is 1. The van der Waals surface area contributed by atoms with E-state index in [1.54, 1.807) is 22.7 Å². The van der Waals surface area contributed by atoms with E-state index in [1.165, 1.54) is 10.6 Å². The largest absolute Gasteiger partial charge is 0.323 e. The van der Waals surface area contributed by atoms with Crippen LogP contribution in [-0.4, -0.2) is 9.97 Å². The van der Waals surface area contributed by atoms with Crippen molar-refractivity contribution in [1.29, 1.82) is 0 Å². The molecule has 0 radical (unpaired) electrons. The predicted octanol–water partition coefficient (Wildman–Crippen LogP) is 2.60. The molecule has 5 heteroatoms. The highest BCUT2D eigenvalue weighted by Gasteiger charge is 2.22. The van der Waals surface area contributed by atoms with Crippen molar-refractivity contribution in [3.8, 4) is 10.0 Å². The van der Waals surface area contributed by atoms with E-state index in [0.717, 1.165) is 29.3 Å². The van der Waals surface area contributed by atoms with E-state index in [4.69, 9.17) is 5.73 Å². The van der Waals surface area contributed by atoms with Gasteiger partial charge in [-0.2, -0.15) is 0 Å². The third kappa shape index (κ3) is 1.60. The van der Waals surface area contributed by atoms with E-state index >= 15 is 0 Å². The first-order valence-electron chi connectivity index (χ1n) is 4.99. The molecule has 1 unspecified atom stereocenters. The van der Waals surface area contributed by atoms with E-state index in [1.807, 2.05) is 11.6 Å². The van der Waals surface area contributed by atoms with Crippen molar-refractivity contribution in [2.45, 2.75) is 25.3 Å². The SMILES string of the molecule is NC1CCCc2nc(-c3nccs3)sc21. The summed E-state index contributed by atoms with van der Waals surface area (Å²) in [6.07, 6.45) is 5.15. The zero-order valence-electron chi connectivity index (χ0n) is 8.14. The lowest BCUT2D eigenvalue weighted by Gasteiger charge is -2.15. The molecule has 1 aliphatic rings. The van der Waals surface area contributed by atoms with Gasteiger partial charge in [0, 0.05) is 22.5 Å². The second kappa shape index (κ2) is 3.66. The Morgan fingerprint density at radius 3 is 3.07 bits per heavy atom. The molecule has 0 spiro atoms. The number of hydrogen-bond acceptors (Lipinski definition) is 5. The van der Waals surface area contributed by atoms with Gasteiger partial charge in [0.15, 0.2) is 10.0 Å². The normalized spacial score (nSPS) is 20.2. The lowest BCUT2D eigenvalue weighted by Crippen LogP contribution is -2.15. The van der Waals surface area contributed by atoms with Crippen LogP contribution in [-0.2, 0) is 6.42 Å². The van der Waals surface area contributed by atoms with Gasteiger partial charge in [-0.15, -0.1) is 22.7 Å². The molecular formula is C10H11N3S2. The molecule has 1 atom stereocenters. The highest BCUT2D eigenvalue weighted by Crippen LogP contribution is 2.37. The summed E-state index contributed by atoms with van der Waals surface area (Å²) in [5.41, 5.74) is 7.26. The van der Waals surface area contributed by atoms with Crippen molar-refractivity contribution >= 4 is 22.7 Å². The smallest absolute Gasteiger partial charge is 0.152 e. The molecule has 2 heterocycles. The van der Waals surface area contributed by atoms with E-state index in [9.17, 15) is 0 Å². The number of nitrogens with two attached hydrogens (primary N) is 1. The van der Waals surface area contributed by atoms with Crippen LogP contribution in [0, 0.1) is 0 Å². The minimum absolute atomic E-state index is 0.194. The maximum Gasteiger partial charge on any atom is 0.152 e. The zero-order chi connectivity index (χ0) is 10.3. The maximum atomic E-state index is 6.07. The zero-order valence-corrected chi connectivity index (χ0v) is 9.77. The Morgan fingerprint density at radius 2 is 2.33 bits per heavy atom. The predicted molar refractivity (Wildman–Crippen MR) is 63.1 cm³/mol. The summed E-state index contributed by atoms with van der Waals surface area (Å²) in [6.45, 7) is 0. The lowest BCUT2D eigenvalue weighted by atomic mass is 9.99. The summed E-state index contributed by atoms with van der Waals surface area (Å²) < 4.78 is 0. The number of nitrogens with zero attached hydrogens (tertiary/aromatic N) is 2. The molecule has 3 nitrogen and oxygen atoms in total. The van der Waals surface area contributed by atoms with Crippen molar-refractivity contribution in [1.82, 2.24) is 9.97 Å². The Balaban J connectivity index is 2.06. The number of thiazole rings is 2. The van der Waals surface area contributed by atoms with E-state index < -0.39 is 0 Å². The Hall–Kier alpha value is -0.780. The average Bonchev–Trinajstić information content (AvgIpc) is 2.86. The van der Waals surface area contributed by atoms with E-state index in [0.29, 0.717) is 0 Å². The van der Waals surface area contributed by atoms with Crippen molar-refractivity contribution in [3.05, 3.63) is 22.1 Å². The summed E-state index contributed by atoms with van der Waals surface area (Å²) in [5, 5.41) is 4.03. The van der Waals surface area contributed by atoms with Crippen LogP contribution in [0.5, 0.6) is 0 Å². The van der Waals surface area contributed by atoms with Crippen LogP contribution < -0.4 is 5.73 Å². The molecule has 1 aliphatic carbocycles. The first kappa shape index (κ1) is 9.45. The van der Waals surface area contributed by atoms with Gasteiger partial charge in [0.05, 0.1) is 5.69 Å². The first-order chi connectivity index (χ1) is 7.34. The molecule has 0 fully saturated rings. The van der Waals surface area contributed by atoms with Crippen molar-refractivity contribution < 1.29 is 0 Å². The fourth-order valence-corrected chi connectivity index (χ4v) is 3.70. The summed E-state index contributed by atoms with van der Waals surface area (Å²) in [5.74, 6) is 0. The van der Waals surface area contributed by atoms with Crippen LogP contribution in [0.1, 0.15) is 29.5 Å². The molecule has 0 saturated heterocycles. The fourth-order valence-electron chi connectivity index (χ4n) is 1.87. The number of hydrogen-bond donors (Lipinski definition) is 1. The van der Waals surface area contributed by atoms with Gasteiger partial charge < -0.3 is 5.73 Å². The minimum Gasteiger partial charge on any atom is -0.323 e. The molecule has 3 rings (SSSR count). The molecule has 2 N–H and O–H groups in total. The van der Waals surface area contributed by atoms with Gasteiger partial charge in [-0.1, -0.05) is 0 Å². The number of aromatic nitrogens is 2. The maximum absolute atomic E-state index is 6.07. The van der Waals surface area contributed by atoms with Gasteiger partial charge in [0.1, 0.15) is 0 Å². The van der Waals surface area contributed by atoms with Gasteiger partial charge in [-0.25, -0.2) is 9.97 Å². The molecule has 0 saturated carbocycles. The quantitative estimate of drug-likeness (QED) is 0.829. The summed E-state index contributed by atoms with van der Waals surface area (Å²) in [7, 11) is 0. The van der Waals surface area contributed by atoms with Gasteiger partial charge in [-0.05, 0) is 19.3 Å². The standard InChI is InChI=1S/C10H11N3S2/c11-6-2-1-3-7-8(6)15-10(13-7)9-12-4-5-14-9/h4-6H,1-3,11H2. The van der Waals surface area contributed by atoms with E-state index in [-0.39, 0.29) is 6.04 Å². The molecule has 0 aliphatic heterocycles. The van der Waals surface area contributed by atoms with Gasteiger partial charge >= 0.3 is 0 Å². The van der Waals surface area contributed by atoms with Crippen LogP contribution in [0.2, 0.25) is 0 Å². The molecule has 0 amide bonds. The lowest BCUT2D eigenvalue weighted by molar-refractivity contribution is 0.573. The molecule has 2 aromatic rings. The van der Waals surface area contributed by atoms with Gasteiger partial charge in [0.2, 0.25) is 0 Å². The molecule has 15 heavy (non-hydrogen) atoms. The Bertz CT molecular complexity index is 461. The van der Waals surface area contributed by atoms with Crippen LogP contribution >= 0.6 is 22.7 Å². The van der Waals surface area contributed by atoms with Crippen LogP contribution in [0.3, 0.4) is 0 Å². The van der Waals surface area contributed by atoms with Gasteiger partial charge in [-0.3, -0.25) is 0 Å². The Morgan fingerprint density at radius 1 is 1.40 bits per heavy atom. The van der Waals surface area contributed by atoms with Crippen LogP contribution in [0.25, 0.3) is 10.0 Å². The third-order valence-electron chi connectivity index (χ3n) is 2.61. The monoisotopic (exact) mass is 237 g/mol. The first-order valence-corrected chi connectivity index (χ1v) is 6.69. The second-order valence-corrected chi connectivity index (χ2v) is 5.59. The average molecular weight is 237 g/mol. The molecule has 0 bridgehead atoms. The van der Waals surface area contributed by atoms with E-state index in [2.05, 4.69) is 9.97 Å². The Labute approximate surface area is 96.0 Å². The highest BCUT2D eigenvalue weighted by molar-refractivity contribution is 7.20. The Kier molecular flexibility index (Phi) is 2.31. The third-order valence-corrected chi connectivity index (χ3v) is 4.75. The fraction of sp³-hybridized carbons (Fsp3) is 0.400. The number of rotatable bonds is 1. The van der Waals surface area contributed by atoms with Crippen molar-refractivity contribution in [2.24, 2.45) is 5.73 Å². The summed E-state index contributed by atoms with van der Waals surface area (Å²) in [6, 6.07) is 0.194. The summed E-state index contributed by atoms with van der Waals surface area (Å²) in [4.78, 5) is 10.2. The second-order valence-electron chi connectivity index (χ2n) is 3.67. The molecule has 78 valence electrons. The molecular weight excluding hydrogens is 226 g/mol. The van der Waals surface area contributed by atoms with Gasteiger partial charge in [0.25, 0.3) is 0 Å². The molecule has 0 aromatic carbocycles. The number of fused-ring (bicyclic) bond motifs is 1. The van der Waals surface area contributed by atoms with Crippen LogP contribution in [0.4, 0.5) is 0 Å². The van der Waals surface area contributed by atoms with Crippen molar-refractivity contribution in [3.63, 3.8) is 0 Å². The van der Waals surface area contributed by atoms with Crippen molar-refractivity contribution in [2.75, 3.05) is 0 Å². The topological polar surface area (TPSA) is 51.8 Å². The molecule has 2 aromatic heterocycles. The summed E-state index contributed by atoms with van der Waals surface area (Å²) >= 11 is 3.35.